The number of carbonyl (C=O) groups is 2. The first-order valence-corrected chi connectivity index (χ1v) is 9.96. The highest BCUT2D eigenvalue weighted by atomic mass is 19.1. The van der Waals surface area contributed by atoms with E-state index in [2.05, 4.69) is 20.7 Å². The number of alkyl halides is 2. The van der Waals surface area contributed by atoms with Crippen molar-refractivity contribution in [1.29, 1.82) is 0 Å². The zero-order chi connectivity index (χ0) is 21.3. The van der Waals surface area contributed by atoms with Crippen LogP contribution in [0.5, 0.6) is 0 Å². The highest BCUT2D eigenvalue weighted by Gasteiger charge is 2.43. The van der Waals surface area contributed by atoms with E-state index in [9.17, 15) is 18.4 Å². The Kier molecular flexibility index (Phi) is 5.76. The first-order valence-electron chi connectivity index (χ1n) is 9.96. The van der Waals surface area contributed by atoms with Gasteiger partial charge in [0.1, 0.15) is 31.0 Å². The van der Waals surface area contributed by atoms with E-state index >= 15 is 0 Å². The van der Waals surface area contributed by atoms with Gasteiger partial charge >= 0.3 is 0 Å². The number of halogens is 2. The summed E-state index contributed by atoms with van der Waals surface area (Å²) in [5.74, 6) is -0.848. The molecule has 2 N–H and O–H groups in total. The molecule has 4 rings (SSSR count). The number of nitrogens with one attached hydrogen (secondary N) is 2. The minimum Gasteiger partial charge on any atom is -0.350 e. The van der Waals surface area contributed by atoms with Crippen LogP contribution in [0.25, 0.3) is 5.69 Å². The molecule has 2 aromatic rings. The Labute approximate surface area is 172 Å². The van der Waals surface area contributed by atoms with Crippen LogP contribution in [0.15, 0.2) is 30.9 Å². The van der Waals surface area contributed by atoms with Crippen molar-refractivity contribution in [2.75, 3.05) is 13.1 Å². The maximum atomic E-state index is 14.1. The number of carbonyl (C=O) groups excluding carboxylic acids is 2. The number of rotatable bonds is 5. The molecule has 1 aromatic carbocycles. The average molecular weight is 418 g/mol. The zero-order valence-electron chi connectivity index (χ0n) is 16.6. The Morgan fingerprint density at radius 2 is 2.10 bits per heavy atom. The summed E-state index contributed by atoms with van der Waals surface area (Å²) in [5.41, 5.74) is 2.60. The molecule has 8 nitrogen and oxygen atoms in total. The zero-order valence-corrected chi connectivity index (χ0v) is 16.6. The minimum atomic E-state index is -1.28. The molecule has 0 spiro atoms. The van der Waals surface area contributed by atoms with Crippen molar-refractivity contribution in [3.05, 3.63) is 42.0 Å². The molecule has 3 heterocycles. The standard InChI is InChI=1S/C20H24F2N6O2/c1-12-2-3-17(28-11-23-10-26-28)13(4-12)7-25-19(29)18-6-15(22)9-27(18)20(30)16-5-14(21)8-24-16/h2-4,10-11,14-16,18,24H,5-9H2,1H3,(H,25,29)/t14-,15+,16+,18?/m0/s1. The van der Waals surface area contributed by atoms with E-state index in [1.165, 1.54) is 11.2 Å². The van der Waals surface area contributed by atoms with Crippen LogP contribution >= 0.6 is 0 Å². The van der Waals surface area contributed by atoms with Crippen molar-refractivity contribution >= 4 is 11.8 Å². The van der Waals surface area contributed by atoms with E-state index < -0.39 is 36.2 Å². The Bertz CT molecular complexity index is 922. The summed E-state index contributed by atoms with van der Waals surface area (Å²) >= 11 is 0. The fourth-order valence-electron chi connectivity index (χ4n) is 4.07. The van der Waals surface area contributed by atoms with Crippen molar-refractivity contribution in [2.24, 2.45) is 0 Å². The lowest BCUT2D eigenvalue weighted by molar-refractivity contribution is -0.139. The molecule has 1 aromatic heterocycles. The third-order valence-electron chi connectivity index (χ3n) is 5.56. The second-order valence-electron chi connectivity index (χ2n) is 7.82. The molecule has 2 fully saturated rings. The van der Waals surface area contributed by atoms with Crippen LogP contribution in [0, 0.1) is 6.92 Å². The van der Waals surface area contributed by atoms with Crippen LogP contribution in [0.3, 0.4) is 0 Å². The smallest absolute Gasteiger partial charge is 0.243 e. The number of likely N-dealkylation sites (tertiary alicyclic amines) is 1. The highest BCUT2D eigenvalue weighted by molar-refractivity contribution is 5.90. The number of benzene rings is 1. The maximum absolute atomic E-state index is 14.1. The van der Waals surface area contributed by atoms with Crippen LogP contribution in [-0.4, -0.2) is 69.0 Å². The lowest BCUT2D eigenvalue weighted by Crippen LogP contribution is -2.51. The van der Waals surface area contributed by atoms with Gasteiger partial charge in [-0.25, -0.2) is 18.4 Å². The van der Waals surface area contributed by atoms with Gasteiger partial charge in [-0.3, -0.25) is 9.59 Å². The molecular formula is C20H24F2N6O2. The van der Waals surface area contributed by atoms with Gasteiger partial charge in [0.2, 0.25) is 11.8 Å². The third-order valence-corrected chi connectivity index (χ3v) is 5.56. The van der Waals surface area contributed by atoms with Gasteiger partial charge in [-0.05, 0) is 18.6 Å². The molecule has 10 heteroatoms. The number of hydrogen-bond donors (Lipinski definition) is 2. The maximum Gasteiger partial charge on any atom is 0.243 e. The minimum absolute atomic E-state index is 0.0468. The summed E-state index contributed by atoms with van der Waals surface area (Å²) in [5, 5.41) is 9.76. The van der Waals surface area contributed by atoms with Crippen LogP contribution in [0.2, 0.25) is 0 Å². The summed E-state index contributed by atoms with van der Waals surface area (Å²) in [7, 11) is 0. The quantitative estimate of drug-likeness (QED) is 0.751. The van der Waals surface area contributed by atoms with Crippen molar-refractivity contribution in [3.63, 3.8) is 0 Å². The summed E-state index contributed by atoms with van der Waals surface area (Å²) in [4.78, 5) is 30.7. The SMILES string of the molecule is Cc1ccc(-n2cncn2)c(CNC(=O)C2C[C@@H](F)CN2C(=O)[C@H]2C[C@H](F)CN2)c1. The molecule has 2 amide bonds. The molecule has 2 aliphatic rings. The van der Waals surface area contributed by atoms with Gasteiger partial charge in [0.15, 0.2) is 0 Å². The fourth-order valence-corrected chi connectivity index (χ4v) is 4.07. The predicted octanol–water partition coefficient (Wildman–Crippen LogP) is 0.831. The average Bonchev–Trinajstić information content (AvgIpc) is 3.46. The van der Waals surface area contributed by atoms with Crippen LogP contribution in [0.4, 0.5) is 8.78 Å². The van der Waals surface area contributed by atoms with Crippen LogP contribution < -0.4 is 10.6 Å². The van der Waals surface area contributed by atoms with Crippen LogP contribution in [0.1, 0.15) is 24.0 Å². The van der Waals surface area contributed by atoms with Gasteiger partial charge in [-0.2, -0.15) is 5.10 Å². The van der Waals surface area contributed by atoms with Gasteiger partial charge in [0, 0.05) is 25.9 Å². The monoisotopic (exact) mass is 418 g/mol. The predicted molar refractivity (Wildman–Crippen MR) is 104 cm³/mol. The molecule has 0 aliphatic carbocycles. The Balaban J connectivity index is 1.46. The Hall–Kier alpha value is -2.88. The van der Waals surface area contributed by atoms with E-state index in [1.54, 1.807) is 11.0 Å². The van der Waals surface area contributed by atoms with E-state index in [-0.39, 0.29) is 32.5 Å². The van der Waals surface area contributed by atoms with E-state index in [0.29, 0.717) is 0 Å². The Morgan fingerprint density at radius 1 is 1.27 bits per heavy atom. The topological polar surface area (TPSA) is 92.2 Å². The van der Waals surface area contributed by atoms with Gasteiger partial charge < -0.3 is 15.5 Å². The van der Waals surface area contributed by atoms with Gasteiger partial charge in [0.05, 0.1) is 18.3 Å². The van der Waals surface area contributed by atoms with Crippen molar-refractivity contribution in [3.8, 4) is 5.69 Å². The number of amides is 2. The van der Waals surface area contributed by atoms with Crippen molar-refractivity contribution in [1.82, 2.24) is 30.3 Å². The second-order valence-corrected chi connectivity index (χ2v) is 7.82. The van der Waals surface area contributed by atoms with E-state index in [0.717, 1.165) is 16.8 Å². The summed E-state index contributed by atoms with van der Waals surface area (Å²) in [6.45, 7) is 2.08. The molecule has 4 atom stereocenters. The highest BCUT2D eigenvalue weighted by Crippen LogP contribution is 2.24. The third kappa shape index (κ3) is 4.18. The van der Waals surface area contributed by atoms with Gasteiger partial charge in [-0.15, -0.1) is 0 Å². The number of nitrogens with zero attached hydrogens (tertiary/aromatic N) is 4. The normalized spacial score (nSPS) is 26.2. The lowest BCUT2D eigenvalue weighted by atomic mass is 10.1. The summed E-state index contributed by atoms with van der Waals surface area (Å²) < 4.78 is 29.1. The summed E-state index contributed by atoms with van der Waals surface area (Å²) in [6.07, 6.45) is 0.583. The molecule has 30 heavy (non-hydrogen) atoms. The molecule has 1 unspecified atom stereocenters. The molecule has 2 saturated heterocycles. The first-order chi connectivity index (χ1) is 14.4. The van der Waals surface area contributed by atoms with Gasteiger partial charge in [-0.1, -0.05) is 17.7 Å². The van der Waals surface area contributed by atoms with E-state index in [4.69, 9.17) is 0 Å². The lowest BCUT2D eigenvalue weighted by Gasteiger charge is -2.26. The fraction of sp³-hybridized carbons (Fsp3) is 0.500. The van der Waals surface area contributed by atoms with Crippen molar-refractivity contribution in [2.45, 2.75) is 50.7 Å². The Morgan fingerprint density at radius 3 is 2.80 bits per heavy atom. The molecule has 0 saturated carbocycles. The van der Waals surface area contributed by atoms with Gasteiger partial charge in [0.25, 0.3) is 0 Å². The molecule has 0 bridgehead atoms. The largest absolute Gasteiger partial charge is 0.350 e. The molecule has 2 aliphatic heterocycles. The number of aromatic nitrogens is 3. The van der Waals surface area contributed by atoms with Crippen molar-refractivity contribution < 1.29 is 18.4 Å². The number of hydrogen-bond acceptors (Lipinski definition) is 5. The molecule has 160 valence electrons. The molecular weight excluding hydrogens is 394 g/mol. The van der Waals surface area contributed by atoms with E-state index in [1.807, 2.05) is 25.1 Å². The molecule has 0 radical (unpaired) electrons. The van der Waals surface area contributed by atoms with Crippen LogP contribution in [-0.2, 0) is 16.1 Å². The second kappa shape index (κ2) is 8.47. The number of aryl methyl sites for hydroxylation is 1. The summed E-state index contributed by atoms with van der Waals surface area (Å²) in [6, 6.07) is 4.12. The first kappa shape index (κ1) is 20.4.